The van der Waals surface area contributed by atoms with Crippen LogP contribution < -0.4 is 9.64 Å². The van der Waals surface area contributed by atoms with E-state index in [0.29, 0.717) is 6.54 Å². The number of aryl methyl sites for hydroxylation is 1. The normalized spacial score (nSPS) is 22.2. The highest BCUT2D eigenvalue weighted by Crippen LogP contribution is 2.35. The first kappa shape index (κ1) is 13.4. The molecule has 2 aliphatic heterocycles. The molecule has 0 bridgehead atoms. The Morgan fingerprint density at radius 1 is 1.29 bits per heavy atom. The van der Waals surface area contributed by atoms with Gasteiger partial charge in [-0.1, -0.05) is 15.9 Å². The van der Waals surface area contributed by atoms with Crippen LogP contribution in [0.15, 0.2) is 16.6 Å². The molecule has 0 aliphatic carbocycles. The molecule has 1 saturated heterocycles. The first-order valence-electron chi connectivity index (χ1n) is 7.48. The Balaban J connectivity index is 1.87. The molecule has 21 heavy (non-hydrogen) atoms. The van der Waals surface area contributed by atoms with E-state index in [0.717, 1.165) is 66.2 Å². The number of aromatic nitrogens is 2. The largest absolute Gasteiger partial charge is 0.491 e. The van der Waals surface area contributed by atoms with Crippen LogP contribution in [-0.2, 0) is 6.54 Å². The van der Waals surface area contributed by atoms with E-state index < -0.39 is 0 Å². The number of ether oxygens (including phenoxy) is 1. The molecule has 1 unspecified atom stereocenters. The van der Waals surface area contributed by atoms with E-state index in [1.807, 2.05) is 12.1 Å². The average Bonchev–Trinajstić information content (AvgIpc) is 2.67. The molecule has 0 saturated carbocycles. The summed E-state index contributed by atoms with van der Waals surface area (Å²) in [5, 5.41) is 9.94. The second kappa shape index (κ2) is 5.18. The predicted molar refractivity (Wildman–Crippen MR) is 85.0 cm³/mol. The summed E-state index contributed by atoms with van der Waals surface area (Å²) in [5.41, 5.74) is 2.03. The Kier molecular flexibility index (Phi) is 3.30. The number of hydrogen-bond acceptors (Lipinski definition) is 4. The maximum absolute atomic E-state index is 9.94. The molecular formula is C15H18BrN3O2. The minimum atomic E-state index is -0.250. The van der Waals surface area contributed by atoms with Crippen molar-refractivity contribution < 1.29 is 9.84 Å². The molecule has 0 spiro atoms. The summed E-state index contributed by atoms with van der Waals surface area (Å²) in [6, 6.07) is 4.05. The molecule has 0 radical (unpaired) electrons. The van der Waals surface area contributed by atoms with Gasteiger partial charge < -0.3 is 19.3 Å². The predicted octanol–water partition coefficient (Wildman–Crippen LogP) is 2.54. The van der Waals surface area contributed by atoms with Gasteiger partial charge in [-0.3, -0.25) is 0 Å². The number of benzene rings is 1. The van der Waals surface area contributed by atoms with E-state index in [9.17, 15) is 5.11 Å². The highest BCUT2D eigenvalue weighted by Gasteiger charge is 2.25. The fraction of sp³-hybridized carbons (Fsp3) is 0.533. The SMILES string of the molecule is OC1CCCN(c2nc3cc(Br)cc4c3n2CCCO4)C1. The van der Waals surface area contributed by atoms with Gasteiger partial charge in [0.25, 0.3) is 0 Å². The van der Waals surface area contributed by atoms with Crippen LogP contribution in [0.3, 0.4) is 0 Å². The van der Waals surface area contributed by atoms with Gasteiger partial charge in [0.15, 0.2) is 0 Å². The minimum absolute atomic E-state index is 0.250. The van der Waals surface area contributed by atoms with E-state index >= 15 is 0 Å². The van der Waals surface area contributed by atoms with Crippen molar-refractivity contribution in [2.45, 2.75) is 31.9 Å². The van der Waals surface area contributed by atoms with Crippen LogP contribution >= 0.6 is 15.9 Å². The van der Waals surface area contributed by atoms with Gasteiger partial charge in [0, 0.05) is 24.1 Å². The van der Waals surface area contributed by atoms with Crippen molar-refractivity contribution >= 4 is 32.9 Å². The van der Waals surface area contributed by atoms with E-state index in [2.05, 4.69) is 25.4 Å². The third-order valence-corrected chi connectivity index (χ3v) is 4.67. The summed E-state index contributed by atoms with van der Waals surface area (Å²) in [6.45, 7) is 3.26. The standard InChI is InChI=1S/C15H18BrN3O2/c16-10-7-12-14-13(8-10)21-6-2-5-19(14)15(17-12)18-4-1-3-11(20)9-18/h7-8,11,20H,1-6,9H2. The summed E-state index contributed by atoms with van der Waals surface area (Å²) >= 11 is 3.53. The lowest BCUT2D eigenvalue weighted by Crippen LogP contribution is -2.39. The molecule has 1 aromatic carbocycles. The number of anilines is 1. The number of nitrogens with zero attached hydrogens (tertiary/aromatic N) is 3. The lowest BCUT2D eigenvalue weighted by atomic mass is 10.1. The third kappa shape index (κ3) is 2.30. The highest BCUT2D eigenvalue weighted by molar-refractivity contribution is 9.10. The maximum Gasteiger partial charge on any atom is 0.206 e. The molecule has 112 valence electrons. The van der Waals surface area contributed by atoms with E-state index in [-0.39, 0.29) is 6.10 Å². The second-order valence-electron chi connectivity index (χ2n) is 5.78. The van der Waals surface area contributed by atoms with Crippen molar-refractivity contribution in [3.8, 4) is 5.75 Å². The first-order valence-corrected chi connectivity index (χ1v) is 8.27. The van der Waals surface area contributed by atoms with Crippen LogP contribution in [0.1, 0.15) is 19.3 Å². The van der Waals surface area contributed by atoms with Gasteiger partial charge in [-0.25, -0.2) is 4.98 Å². The fourth-order valence-corrected chi connectivity index (χ4v) is 3.71. The quantitative estimate of drug-likeness (QED) is 0.857. The van der Waals surface area contributed by atoms with Gasteiger partial charge in [-0.05, 0) is 31.4 Å². The topological polar surface area (TPSA) is 50.5 Å². The van der Waals surface area contributed by atoms with Gasteiger partial charge in [-0.15, -0.1) is 0 Å². The molecule has 2 aliphatic rings. The monoisotopic (exact) mass is 351 g/mol. The number of halogens is 1. The van der Waals surface area contributed by atoms with Crippen molar-refractivity contribution in [1.29, 1.82) is 0 Å². The van der Waals surface area contributed by atoms with Crippen molar-refractivity contribution in [3.63, 3.8) is 0 Å². The zero-order valence-corrected chi connectivity index (χ0v) is 13.3. The summed E-state index contributed by atoms with van der Waals surface area (Å²) in [7, 11) is 0. The summed E-state index contributed by atoms with van der Waals surface area (Å²) in [6.07, 6.45) is 2.62. The summed E-state index contributed by atoms with van der Waals surface area (Å²) in [5.74, 6) is 1.86. The molecule has 1 fully saturated rings. The molecule has 6 heteroatoms. The minimum Gasteiger partial charge on any atom is -0.491 e. The molecule has 3 heterocycles. The Labute approximate surface area is 131 Å². The van der Waals surface area contributed by atoms with E-state index in [1.54, 1.807) is 0 Å². The molecule has 1 aromatic heterocycles. The van der Waals surface area contributed by atoms with Gasteiger partial charge in [-0.2, -0.15) is 0 Å². The lowest BCUT2D eigenvalue weighted by molar-refractivity contribution is 0.153. The number of hydrogen-bond donors (Lipinski definition) is 1. The molecule has 4 rings (SSSR count). The van der Waals surface area contributed by atoms with E-state index in [4.69, 9.17) is 9.72 Å². The fourth-order valence-electron chi connectivity index (χ4n) is 3.29. The molecule has 0 amide bonds. The van der Waals surface area contributed by atoms with Crippen LogP contribution in [0.4, 0.5) is 5.95 Å². The summed E-state index contributed by atoms with van der Waals surface area (Å²) in [4.78, 5) is 7.02. The van der Waals surface area contributed by atoms with Crippen LogP contribution in [0, 0.1) is 0 Å². The number of imidazole rings is 1. The van der Waals surface area contributed by atoms with Crippen molar-refractivity contribution in [3.05, 3.63) is 16.6 Å². The van der Waals surface area contributed by atoms with Crippen molar-refractivity contribution in [2.75, 3.05) is 24.6 Å². The molecule has 1 N–H and O–H groups in total. The molecular weight excluding hydrogens is 334 g/mol. The highest BCUT2D eigenvalue weighted by atomic mass is 79.9. The zero-order valence-electron chi connectivity index (χ0n) is 11.8. The molecule has 1 atom stereocenters. The number of rotatable bonds is 1. The molecule has 5 nitrogen and oxygen atoms in total. The van der Waals surface area contributed by atoms with E-state index in [1.165, 1.54) is 0 Å². The Morgan fingerprint density at radius 3 is 3.05 bits per heavy atom. The molecule has 2 aromatic rings. The smallest absolute Gasteiger partial charge is 0.206 e. The van der Waals surface area contributed by atoms with Crippen molar-refractivity contribution in [2.24, 2.45) is 0 Å². The van der Waals surface area contributed by atoms with Gasteiger partial charge in [0.2, 0.25) is 5.95 Å². The van der Waals surface area contributed by atoms with Gasteiger partial charge in [0.05, 0.1) is 18.2 Å². The second-order valence-corrected chi connectivity index (χ2v) is 6.69. The zero-order chi connectivity index (χ0) is 14.4. The van der Waals surface area contributed by atoms with Gasteiger partial charge >= 0.3 is 0 Å². The Morgan fingerprint density at radius 2 is 2.19 bits per heavy atom. The van der Waals surface area contributed by atoms with Crippen LogP contribution in [-0.4, -0.2) is 40.5 Å². The van der Waals surface area contributed by atoms with Gasteiger partial charge in [0.1, 0.15) is 11.3 Å². The summed E-state index contributed by atoms with van der Waals surface area (Å²) < 4.78 is 9.10. The third-order valence-electron chi connectivity index (χ3n) is 4.21. The first-order chi connectivity index (χ1) is 10.2. The number of β-amino-alcohol motifs (C(OH)–C–C–N with tert-alkyl or cyclic N) is 1. The average molecular weight is 352 g/mol. The van der Waals surface area contributed by atoms with Crippen molar-refractivity contribution in [1.82, 2.24) is 9.55 Å². The van der Waals surface area contributed by atoms with Crippen LogP contribution in [0.5, 0.6) is 5.75 Å². The maximum atomic E-state index is 9.94. The number of aliphatic hydroxyl groups is 1. The van der Waals surface area contributed by atoms with Crippen LogP contribution in [0.2, 0.25) is 0 Å². The lowest BCUT2D eigenvalue weighted by Gasteiger charge is -2.31. The number of aliphatic hydroxyl groups excluding tert-OH is 1. The Hall–Kier alpha value is -1.27. The Bertz CT molecular complexity index is 685. The van der Waals surface area contributed by atoms with Crippen LogP contribution in [0.25, 0.3) is 11.0 Å². The number of piperidine rings is 1.